The number of aryl methyl sites for hydroxylation is 1. The normalized spacial score (nSPS) is 10.3. The Kier molecular flexibility index (Phi) is 3.12. The Bertz CT molecular complexity index is 633. The van der Waals surface area contributed by atoms with Gasteiger partial charge in [-0.2, -0.15) is 4.37 Å². The zero-order valence-electron chi connectivity index (χ0n) is 9.38. The van der Waals surface area contributed by atoms with Gasteiger partial charge >= 0.3 is 11.9 Å². The van der Waals surface area contributed by atoms with E-state index in [1.807, 2.05) is 19.1 Å². The first-order valence-electron chi connectivity index (χ1n) is 5.04. The zero-order chi connectivity index (χ0) is 13.3. The predicted molar refractivity (Wildman–Crippen MR) is 66.2 cm³/mol. The Hall–Kier alpha value is -2.21. The number of aromatic nitrogens is 1. The number of carboxylic acids is 2. The van der Waals surface area contributed by atoms with Crippen molar-refractivity contribution in [3.63, 3.8) is 0 Å². The standard InChI is InChI=1S/C12H9NO4S/c1-6-4-2-3-5-7(6)9-8(11(14)15)10(12(16)17)18-13-9/h2-5H,1H3,(H,14,15)(H,16,17). The first-order valence-corrected chi connectivity index (χ1v) is 5.82. The highest BCUT2D eigenvalue weighted by molar-refractivity contribution is 7.08. The average Bonchev–Trinajstić information content (AvgIpc) is 2.74. The molecule has 0 aliphatic rings. The van der Waals surface area contributed by atoms with Crippen molar-refractivity contribution in [2.75, 3.05) is 0 Å². The molecule has 0 saturated heterocycles. The molecule has 1 aromatic carbocycles. The Balaban J connectivity index is 2.70. The van der Waals surface area contributed by atoms with Crippen LogP contribution in [0.15, 0.2) is 24.3 Å². The fourth-order valence-corrected chi connectivity index (χ4v) is 2.38. The van der Waals surface area contributed by atoms with Crippen LogP contribution in [0.2, 0.25) is 0 Å². The zero-order valence-corrected chi connectivity index (χ0v) is 10.2. The summed E-state index contributed by atoms with van der Waals surface area (Å²) in [4.78, 5) is 21.9. The van der Waals surface area contributed by atoms with E-state index in [4.69, 9.17) is 10.2 Å². The second-order valence-electron chi connectivity index (χ2n) is 3.66. The van der Waals surface area contributed by atoms with Crippen molar-refractivity contribution in [1.29, 1.82) is 0 Å². The molecule has 6 heteroatoms. The summed E-state index contributed by atoms with van der Waals surface area (Å²) in [5.74, 6) is -2.55. The van der Waals surface area contributed by atoms with Crippen molar-refractivity contribution in [2.45, 2.75) is 6.92 Å². The van der Waals surface area contributed by atoms with Gasteiger partial charge in [-0.25, -0.2) is 9.59 Å². The highest BCUT2D eigenvalue weighted by Gasteiger charge is 2.26. The average molecular weight is 263 g/mol. The molecule has 0 saturated carbocycles. The van der Waals surface area contributed by atoms with E-state index < -0.39 is 11.9 Å². The topological polar surface area (TPSA) is 87.5 Å². The lowest BCUT2D eigenvalue weighted by Crippen LogP contribution is -2.05. The van der Waals surface area contributed by atoms with Crippen molar-refractivity contribution in [3.05, 3.63) is 40.3 Å². The maximum Gasteiger partial charge on any atom is 0.348 e. The quantitative estimate of drug-likeness (QED) is 0.888. The fourth-order valence-electron chi connectivity index (χ4n) is 1.66. The lowest BCUT2D eigenvalue weighted by Gasteiger charge is -2.03. The van der Waals surface area contributed by atoms with Gasteiger partial charge in [0, 0.05) is 5.56 Å². The molecule has 0 fully saturated rings. The van der Waals surface area contributed by atoms with E-state index in [1.165, 1.54) is 0 Å². The van der Waals surface area contributed by atoms with Gasteiger partial charge in [0.05, 0.1) is 5.69 Å². The van der Waals surface area contributed by atoms with Crippen LogP contribution in [-0.4, -0.2) is 26.5 Å². The summed E-state index contributed by atoms with van der Waals surface area (Å²) >= 11 is 0.686. The molecule has 2 N–H and O–H groups in total. The summed E-state index contributed by atoms with van der Waals surface area (Å²) < 4.78 is 3.97. The van der Waals surface area contributed by atoms with Gasteiger partial charge in [-0.05, 0) is 24.0 Å². The molecule has 2 rings (SSSR count). The molecular formula is C12H9NO4S. The van der Waals surface area contributed by atoms with Crippen LogP contribution in [0.25, 0.3) is 11.3 Å². The highest BCUT2D eigenvalue weighted by atomic mass is 32.1. The Morgan fingerprint density at radius 2 is 1.83 bits per heavy atom. The molecule has 1 aromatic heterocycles. The summed E-state index contributed by atoms with van der Waals surface area (Å²) in [5, 5.41) is 18.1. The first-order chi connectivity index (χ1) is 8.52. The number of aromatic carboxylic acids is 2. The van der Waals surface area contributed by atoms with Crippen molar-refractivity contribution in [3.8, 4) is 11.3 Å². The molecule has 5 nitrogen and oxygen atoms in total. The van der Waals surface area contributed by atoms with E-state index in [9.17, 15) is 9.59 Å². The van der Waals surface area contributed by atoms with E-state index >= 15 is 0 Å². The molecule has 0 bridgehead atoms. The summed E-state index contributed by atoms with van der Waals surface area (Å²) in [6.07, 6.45) is 0. The van der Waals surface area contributed by atoms with Crippen molar-refractivity contribution in [2.24, 2.45) is 0 Å². The first kappa shape index (κ1) is 12.3. The van der Waals surface area contributed by atoms with Gasteiger partial charge in [0.1, 0.15) is 10.4 Å². The third-order valence-electron chi connectivity index (χ3n) is 2.50. The molecule has 0 amide bonds. The molecule has 0 aliphatic heterocycles. The SMILES string of the molecule is Cc1ccccc1-c1nsc(C(=O)O)c1C(=O)O. The van der Waals surface area contributed by atoms with E-state index in [2.05, 4.69) is 4.37 Å². The Morgan fingerprint density at radius 3 is 2.39 bits per heavy atom. The van der Waals surface area contributed by atoms with E-state index in [0.29, 0.717) is 17.1 Å². The number of hydrogen-bond donors (Lipinski definition) is 2. The minimum atomic E-state index is -1.28. The lowest BCUT2D eigenvalue weighted by molar-refractivity contribution is 0.0656. The molecular weight excluding hydrogens is 254 g/mol. The van der Waals surface area contributed by atoms with Crippen LogP contribution in [0, 0.1) is 6.92 Å². The smallest absolute Gasteiger partial charge is 0.348 e. The van der Waals surface area contributed by atoms with Gasteiger partial charge in [-0.3, -0.25) is 0 Å². The maximum atomic E-state index is 11.2. The van der Waals surface area contributed by atoms with E-state index in [-0.39, 0.29) is 16.1 Å². The van der Waals surface area contributed by atoms with Crippen molar-refractivity contribution in [1.82, 2.24) is 4.37 Å². The van der Waals surface area contributed by atoms with Gasteiger partial charge in [0.15, 0.2) is 0 Å². The molecule has 18 heavy (non-hydrogen) atoms. The molecule has 92 valence electrons. The maximum absolute atomic E-state index is 11.2. The predicted octanol–water partition coefficient (Wildman–Crippen LogP) is 2.51. The third kappa shape index (κ3) is 1.98. The summed E-state index contributed by atoms with van der Waals surface area (Å²) in [6, 6.07) is 7.13. The Morgan fingerprint density at radius 1 is 1.17 bits per heavy atom. The van der Waals surface area contributed by atoms with Gasteiger partial charge in [-0.15, -0.1) is 0 Å². The van der Waals surface area contributed by atoms with E-state index in [1.54, 1.807) is 12.1 Å². The Labute approximate surface area is 106 Å². The third-order valence-corrected chi connectivity index (χ3v) is 3.34. The van der Waals surface area contributed by atoms with Crippen LogP contribution >= 0.6 is 11.5 Å². The monoisotopic (exact) mass is 263 g/mol. The van der Waals surface area contributed by atoms with Gasteiger partial charge in [0.2, 0.25) is 0 Å². The largest absolute Gasteiger partial charge is 0.478 e. The summed E-state index contributed by atoms with van der Waals surface area (Å²) in [5.41, 5.74) is 1.45. The van der Waals surface area contributed by atoms with Crippen LogP contribution in [0.3, 0.4) is 0 Å². The molecule has 0 aliphatic carbocycles. The van der Waals surface area contributed by atoms with Crippen LogP contribution in [0.5, 0.6) is 0 Å². The number of nitrogens with zero attached hydrogens (tertiary/aromatic N) is 1. The highest BCUT2D eigenvalue weighted by Crippen LogP contribution is 2.30. The molecule has 0 radical (unpaired) electrons. The second kappa shape index (κ2) is 4.58. The number of hydrogen-bond acceptors (Lipinski definition) is 4. The molecule has 0 atom stereocenters. The molecule has 0 spiro atoms. The number of carbonyl (C=O) groups is 2. The van der Waals surface area contributed by atoms with Crippen LogP contribution in [0.4, 0.5) is 0 Å². The molecule has 0 unspecified atom stereocenters. The molecule has 2 aromatic rings. The van der Waals surface area contributed by atoms with Gasteiger partial charge < -0.3 is 10.2 Å². The fraction of sp³-hybridized carbons (Fsp3) is 0.0833. The second-order valence-corrected chi connectivity index (χ2v) is 4.43. The van der Waals surface area contributed by atoms with Crippen molar-refractivity contribution < 1.29 is 19.8 Å². The minimum Gasteiger partial charge on any atom is -0.478 e. The van der Waals surface area contributed by atoms with Gasteiger partial charge in [0.25, 0.3) is 0 Å². The van der Waals surface area contributed by atoms with E-state index in [0.717, 1.165) is 5.56 Å². The van der Waals surface area contributed by atoms with Crippen LogP contribution in [-0.2, 0) is 0 Å². The molecule has 1 heterocycles. The van der Waals surface area contributed by atoms with Crippen molar-refractivity contribution >= 4 is 23.5 Å². The lowest BCUT2D eigenvalue weighted by atomic mass is 10.0. The number of benzene rings is 1. The number of carboxylic acid groups (broad SMARTS) is 2. The number of rotatable bonds is 3. The summed E-state index contributed by atoms with van der Waals surface area (Å²) in [6.45, 7) is 1.82. The van der Waals surface area contributed by atoms with Crippen LogP contribution in [0.1, 0.15) is 25.6 Å². The van der Waals surface area contributed by atoms with Gasteiger partial charge in [-0.1, -0.05) is 24.3 Å². The van der Waals surface area contributed by atoms with Crippen LogP contribution < -0.4 is 0 Å². The summed E-state index contributed by atoms with van der Waals surface area (Å²) in [7, 11) is 0. The minimum absolute atomic E-state index is 0.211.